The molecule has 0 unspecified atom stereocenters. The first-order valence-corrected chi connectivity index (χ1v) is 7.45. The van der Waals surface area contributed by atoms with Crippen molar-refractivity contribution in [3.05, 3.63) is 0 Å². The van der Waals surface area contributed by atoms with Gasteiger partial charge in [0.2, 0.25) is 5.91 Å². The summed E-state index contributed by atoms with van der Waals surface area (Å²) in [6.07, 6.45) is 3.01. The molecule has 8 heteroatoms. The van der Waals surface area contributed by atoms with Gasteiger partial charge < -0.3 is 15.3 Å². The highest BCUT2D eigenvalue weighted by Crippen LogP contribution is 2.34. The van der Waals surface area contributed by atoms with Crippen LogP contribution in [-0.4, -0.2) is 64.4 Å². The Balaban J connectivity index is 1.86. The maximum absolute atomic E-state index is 12.4. The number of rotatable bonds is 6. The van der Waals surface area contributed by atoms with E-state index in [1.54, 1.807) is 0 Å². The van der Waals surface area contributed by atoms with E-state index in [0.717, 1.165) is 17.7 Å². The Labute approximate surface area is 128 Å². The molecule has 0 radical (unpaired) electrons. The number of carboxylic acids is 1. The van der Waals surface area contributed by atoms with E-state index >= 15 is 0 Å². The minimum absolute atomic E-state index is 0.00532. The van der Waals surface area contributed by atoms with Crippen LogP contribution in [0, 0.1) is 0 Å². The summed E-state index contributed by atoms with van der Waals surface area (Å²) >= 11 is 0. The number of carboxylic acid groups (broad SMARTS) is 1. The van der Waals surface area contributed by atoms with Gasteiger partial charge in [-0.25, -0.2) is 4.79 Å². The summed E-state index contributed by atoms with van der Waals surface area (Å²) in [6, 6.07) is -0.437. The maximum Gasteiger partial charge on any atom is 0.325 e. The largest absolute Gasteiger partial charge is 0.481 e. The fraction of sp³-hybridized carbons (Fsp3) is 0.714. The van der Waals surface area contributed by atoms with Gasteiger partial charge >= 0.3 is 12.0 Å². The number of aliphatic carboxylic acids is 1. The molecule has 1 aliphatic carbocycles. The summed E-state index contributed by atoms with van der Waals surface area (Å²) in [4.78, 5) is 49.1. The molecular formula is C14H21N3O5. The highest BCUT2D eigenvalue weighted by molar-refractivity contribution is 6.07. The molecule has 122 valence electrons. The molecule has 8 nitrogen and oxygen atoms in total. The fourth-order valence-corrected chi connectivity index (χ4v) is 2.98. The quantitative estimate of drug-likeness (QED) is 0.680. The normalized spacial score (nSPS) is 19.6. The lowest BCUT2D eigenvalue weighted by Gasteiger charge is -2.21. The number of nitrogens with zero attached hydrogens (tertiary/aromatic N) is 2. The number of hydrogen-bond donors (Lipinski definition) is 2. The number of amides is 4. The Morgan fingerprint density at radius 1 is 1.27 bits per heavy atom. The molecular weight excluding hydrogens is 290 g/mol. The molecule has 0 atom stereocenters. The SMILES string of the molecule is CN(CCC(=O)O)C(=O)CCN1C(=O)NC2(CCCC2)C1=O. The van der Waals surface area contributed by atoms with Crippen molar-refractivity contribution in [1.82, 2.24) is 15.1 Å². The lowest BCUT2D eigenvalue weighted by atomic mass is 9.98. The van der Waals surface area contributed by atoms with Gasteiger partial charge in [-0.05, 0) is 12.8 Å². The Hall–Kier alpha value is -2.12. The van der Waals surface area contributed by atoms with E-state index in [4.69, 9.17) is 5.11 Å². The molecule has 2 aliphatic rings. The molecule has 0 aromatic heterocycles. The van der Waals surface area contributed by atoms with Gasteiger partial charge in [-0.3, -0.25) is 19.3 Å². The van der Waals surface area contributed by atoms with Gasteiger partial charge in [-0.2, -0.15) is 0 Å². The minimum Gasteiger partial charge on any atom is -0.481 e. The molecule has 1 spiro atoms. The van der Waals surface area contributed by atoms with E-state index in [1.807, 2.05) is 0 Å². The highest BCUT2D eigenvalue weighted by Gasteiger charge is 2.52. The van der Waals surface area contributed by atoms with Crippen LogP contribution in [0.15, 0.2) is 0 Å². The number of nitrogens with one attached hydrogen (secondary N) is 1. The van der Waals surface area contributed by atoms with Gasteiger partial charge in [0, 0.05) is 26.6 Å². The second kappa shape index (κ2) is 6.33. The van der Waals surface area contributed by atoms with Crippen molar-refractivity contribution in [2.24, 2.45) is 0 Å². The van der Waals surface area contributed by atoms with Crippen LogP contribution in [-0.2, 0) is 14.4 Å². The summed E-state index contributed by atoms with van der Waals surface area (Å²) < 4.78 is 0. The third kappa shape index (κ3) is 3.20. The average molecular weight is 311 g/mol. The van der Waals surface area contributed by atoms with Crippen LogP contribution >= 0.6 is 0 Å². The number of urea groups is 1. The second-order valence-electron chi connectivity index (χ2n) is 5.89. The lowest BCUT2D eigenvalue weighted by Crippen LogP contribution is -2.44. The predicted molar refractivity (Wildman–Crippen MR) is 76.0 cm³/mol. The molecule has 1 saturated carbocycles. The van der Waals surface area contributed by atoms with E-state index in [9.17, 15) is 19.2 Å². The zero-order valence-electron chi connectivity index (χ0n) is 12.6. The number of carbonyl (C=O) groups excluding carboxylic acids is 3. The van der Waals surface area contributed by atoms with E-state index in [0.29, 0.717) is 12.8 Å². The topological polar surface area (TPSA) is 107 Å². The number of imide groups is 1. The van der Waals surface area contributed by atoms with Gasteiger partial charge in [0.15, 0.2) is 0 Å². The minimum atomic E-state index is -0.975. The van der Waals surface area contributed by atoms with Crippen molar-refractivity contribution in [3.8, 4) is 0 Å². The van der Waals surface area contributed by atoms with E-state index < -0.39 is 17.5 Å². The molecule has 0 bridgehead atoms. The van der Waals surface area contributed by atoms with Gasteiger partial charge in [-0.1, -0.05) is 12.8 Å². The van der Waals surface area contributed by atoms with Crippen LogP contribution in [0.25, 0.3) is 0 Å². The van der Waals surface area contributed by atoms with Crippen LogP contribution in [0.5, 0.6) is 0 Å². The van der Waals surface area contributed by atoms with Crippen molar-refractivity contribution in [2.75, 3.05) is 20.1 Å². The van der Waals surface area contributed by atoms with Crippen LogP contribution in [0.3, 0.4) is 0 Å². The molecule has 1 saturated heterocycles. The first-order valence-electron chi connectivity index (χ1n) is 7.45. The smallest absolute Gasteiger partial charge is 0.325 e. The maximum atomic E-state index is 12.4. The summed E-state index contributed by atoms with van der Waals surface area (Å²) in [5, 5.41) is 11.3. The second-order valence-corrected chi connectivity index (χ2v) is 5.89. The van der Waals surface area contributed by atoms with Crippen LogP contribution < -0.4 is 5.32 Å². The van der Waals surface area contributed by atoms with Crippen LogP contribution in [0.1, 0.15) is 38.5 Å². The van der Waals surface area contributed by atoms with E-state index in [-0.39, 0.29) is 37.7 Å². The molecule has 0 aromatic carbocycles. The first kappa shape index (κ1) is 16.3. The van der Waals surface area contributed by atoms with Gasteiger partial charge in [0.1, 0.15) is 5.54 Å². The van der Waals surface area contributed by atoms with E-state index in [1.165, 1.54) is 11.9 Å². The van der Waals surface area contributed by atoms with E-state index in [2.05, 4.69) is 5.32 Å². The predicted octanol–water partition coefficient (Wildman–Crippen LogP) is 0.174. The molecule has 1 aliphatic heterocycles. The van der Waals surface area contributed by atoms with Crippen LogP contribution in [0.4, 0.5) is 4.79 Å². The van der Waals surface area contributed by atoms with Crippen molar-refractivity contribution >= 4 is 23.8 Å². The molecule has 2 fully saturated rings. The lowest BCUT2D eigenvalue weighted by molar-refractivity contribution is -0.138. The average Bonchev–Trinajstić information content (AvgIpc) is 3.01. The molecule has 2 rings (SSSR count). The molecule has 2 N–H and O–H groups in total. The molecule has 1 heterocycles. The van der Waals surface area contributed by atoms with Gasteiger partial charge in [0.25, 0.3) is 5.91 Å². The Morgan fingerprint density at radius 2 is 1.91 bits per heavy atom. The Kier molecular flexibility index (Phi) is 4.68. The van der Waals surface area contributed by atoms with Gasteiger partial charge in [-0.15, -0.1) is 0 Å². The fourth-order valence-electron chi connectivity index (χ4n) is 2.98. The zero-order chi connectivity index (χ0) is 16.3. The molecule has 0 aromatic rings. The van der Waals surface area contributed by atoms with Crippen molar-refractivity contribution < 1.29 is 24.3 Å². The van der Waals surface area contributed by atoms with Crippen molar-refractivity contribution in [3.63, 3.8) is 0 Å². The summed E-state index contributed by atoms with van der Waals surface area (Å²) in [5.41, 5.74) is -0.755. The number of carbonyl (C=O) groups is 4. The van der Waals surface area contributed by atoms with Crippen molar-refractivity contribution in [1.29, 1.82) is 0 Å². The Morgan fingerprint density at radius 3 is 2.50 bits per heavy atom. The summed E-state index contributed by atoms with van der Waals surface area (Å²) in [5.74, 6) is -1.50. The zero-order valence-corrected chi connectivity index (χ0v) is 12.6. The standard InChI is InChI=1S/C14H21N3O5/c1-16(8-5-11(19)20)10(18)4-9-17-12(21)14(15-13(17)22)6-2-3-7-14/h2-9H2,1H3,(H,15,22)(H,19,20). The Bertz CT molecular complexity index is 499. The van der Waals surface area contributed by atoms with Crippen molar-refractivity contribution in [2.45, 2.75) is 44.1 Å². The third-order valence-electron chi connectivity index (χ3n) is 4.34. The summed E-state index contributed by atoms with van der Waals surface area (Å²) in [7, 11) is 1.51. The first-order chi connectivity index (χ1) is 10.4. The summed E-state index contributed by atoms with van der Waals surface area (Å²) in [6.45, 7) is 0.140. The van der Waals surface area contributed by atoms with Gasteiger partial charge in [0.05, 0.1) is 6.42 Å². The van der Waals surface area contributed by atoms with Crippen LogP contribution in [0.2, 0.25) is 0 Å². The molecule has 22 heavy (non-hydrogen) atoms. The highest BCUT2D eigenvalue weighted by atomic mass is 16.4. The molecule has 4 amide bonds. The monoisotopic (exact) mass is 311 g/mol. The third-order valence-corrected chi connectivity index (χ3v) is 4.34. The number of hydrogen-bond acceptors (Lipinski definition) is 4.